The Morgan fingerprint density at radius 2 is 2.12 bits per heavy atom. The van der Waals surface area contributed by atoms with E-state index in [0.29, 0.717) is 12.0 Å². The van der Waals surface area contributed by atoms with E-state index in [4.69, 9.17) is 4.55 Å². The smallest absolute Gasteiger partial charge is 0.265 e. The predicted molar refractivity (Wildman–Crippen MR) is 61.7 cm³/mol. The van der Waals surface area contributed by atoms with Crippen molar-refractivity contribution >= 4 is 15.9 Å². The summed E-state index contributed by atoms with van der Waals surface area (Å²) in [6, 6.07) is 0. The molecule has 1 N–H and O–H groups in total. The number of Topliss-reactive ketones (excluding diaryl/α,β-unsaturated/α-hetero) is 1. The normalized spacial score (nSPS) is 34.4. The summed E-state index contributed by atoms with van der Waals surface area (Å²) >= 11 is 0. The Morgan fingerprint density at radius 1 is 1.56 bits per heavy atom. The van der Waals surface area contributed by atoms with Gasteiger partial charge in [-0.1, -0.05) is 19.9 Å². The fourth-order valence-electron chi connectivity index (χ4n) is 2.33. The number of carbonyl (C=O) groups excluding carboxylic acids is 1. The van der Waals surface area contributed by atoms with E-state index in [2.05, 4.69) is 0 Å². The molecule has 1 rings (SSSR count). The molecule has 0 bridgehead atoms. The molecule has 0 aliphatic heterocycles. The second kappa shape index (κ2) is 4.30. The van der Waals surface area contributed by atoms with Gasteiger partial charge in [0.15, 0.2) is 5.78 Å². The number of hydrogen-bond donors (Lipinski definition) is 1. The van der Waals surface area contributed by atoms with Gasteiger partial charge < -0.3 is 0 Å². The summed E-state index contributed by atoms with van der Waals surface area (Å²) in [4.78, 5) is 12.1. The molecule has 4 nitrogen and oxygen atoms in total. The van der Waals surface area contributed by atoms with Gasteiger partial charge in [-0.15, -0.1) is 0 Å². The van der Waals surface area contributed by atoms with Crippen LogP contribution >= 0.6 is 0 Å². The van der Waals surface area contributed by atoms with Gasteiger partial charge in [-0.05, 0) is 31.3 Å². The van der Waals surface area contributed by atoms with Crippen molar-refractivity contribution in [1.82, 2.24) is 0 Å². The number of ketones is 1. The van der Waals surface area contributed by atoms with Crippen molar-refractivity contribution in [2.75, 3.05) is 5.75 Å². The zero-order valence-corrected chi connectivity index (χ0v) is 10.7. The standard InChI is InChI=1S/C11H18O4S/c1-4-9-8(2)5-6-11(3,10(9)12)7-16(13,14)15/h4,8H,5-7H2,1-3H3,(H,13,14,15). The minimum absolute atomic E-state index is 0.147. The summed E-state index contributed by atoms with van der Waals surface area (Å²) in [5, 5.41) is 0. The molecule has 1 aliphatic rings. The largest absolute Gasteiger partial charge is 0.294 e. The van der Waals surface area contributed by atoms with Crippen molar-refractivity contribution in [2.24, 2.45) is 11.3 Å². The fraction of sp³-hybridized carbons (Fsp3) is 0.727. The van der Waals surface area contributed by atoms with Gasteiger partial charge >= 0.3 is 0 Å². The molecule has 2 atom stereocenters. The van der Waals surface area contributed by atoms with Crippen LogP contribution in [0.2, 0.25) is 0 Å². The first kappa shape index (κ1) is 13.4. The van der Waals surface area contributed by atoms with E-state index in [1.54, 1.807) is 19.9 Å². The number of carbonyl (C=O) groups is 1. The van der Waals surface area contributed by atoms with E-state index in [9.17, 15) is 13.2 Å². The molecule has 0 saturated heterocycles. The Balaban J connectivity index is 3.04. The van der Waals surface area contributed by atoms with E-state index < -0.39 is 21.3 Å². The van der Waals surface area contributed by atoms with E-state index in [1.807, 2.05) is 6.92 Å². The molecule has 2 unspecified atom stereocenters. The van der Waals surface area contributed by atoms with Crippen molar-refractivity contribution < 1.29 is 17.8 Å². The SMILES string of the molecule is CC=C1C(=O)C(C)(CS(=O)(=O)O)CCC1C. The lowest BCUT2D eigenvalue weighted by molar-refractivity contribution is -0.125. The predicted octanol–water partition coefficient (Wildman–Crippen LogP) is 1.83. The molecule has 1 fully saturated rings. The molecular formula is C11H18O4S. The minimum Gasteiger partial charge on any atom is -0.294 e. The van der Waals surface area contributed by atoms with E-state index in [0.717, 1.165) is 6.42 Å². The first-order valence-electron chi connectivity index (χ1n) is 5.36. The molecular weight excluding hydrogens is 228 g/mol. The van der Waals surface area contributed by atoms with Crippen molar-refractivity contribution in [3.63, 3.8) is 0 Å². The minimum atomic E-state index is -4.11. The summed E-state index contributed by atoms with van der Waals surface area (Å²) in [7, 11) is -4.11. The monoisotopic (exact) mass is 246 g/mol. The van der Waals surface area contributed by atoms with Crippen molar-refractivity contribution in [3.05, 3.63) is 11.6 Å². The van der Waals surface area contributed by atoms with Crippen LogP contribution in [0.4, 0.5) is 0 Å². The number of hydrogen-bond acceptors (Lipinski definition) is 3. The maximum Gasteiger partial charge on any atom is 0.265 e. The second-order valence-corrected chi connectivity index (χ2v) is 6.25. The third-order valence-corrected chi connectivity index (χ3v) is 4.28. The van der Waals surface area contributed by atoms with Gasteiger partial charge in [0.1, 0.15) is 0 Å². The topological polar surface area (TPSA) is 71.4 Å². The lowest BCUT2D eigenvalue weighted by Gasteiger charge is -2.35. The summed E-state index contributed by atoms with van der Waals surface area (Å²) in [6.45, 7) is 5.35. The summed E-state index contributed by atoms with van der Waals surface area (Å²) in [5.74, 6) is -0.457. The molecule has 0 amide bonds. The highest BCUT2D eigenvalue weighted by molar-refractivity contribution is 7.85. The Kier molecular flexibility index (Phi) is 3.59. The summed E-state index contributed by atoms with van der Waals surface area (Å²) in [5.41, 5.74) is -0.292. The Morgan fingerprint density at radius 3 is 2.56 bits per heavy atom. The highest BCUT2D eigenvalue weighted by Crippen LogP contribution is 2.39. The van der Waals surface area contributed by atoms with Crippen LogP contribution in [0.5, 0.6) is 0 Å². The molecule has 0 aromatic rings. The average molecular weight is 246 g/mol. The third kappa shape index (κ3) is 2.71. The first-order chi connectivity index (χ1) is 7.19. The molecule has 0 radical (unpaired) electrons. The Bertz CT molecular complexity index is 421. The molecule has 0 aromatic heterocycles. The van der Waals surface area contributed by atoms with Gasteiger partial charge in [-0.2, -0.15) is 8.42 Å². The van der Waals surface area contributed by atoms with Gasteiger partial charge in [0.25, 0.3) is 10.1 Å². The van der Waals surface area contributed by atoms with Gasteiger partial charge in [0.05, 0.1) is 5.75 Å². The molecule has 5 heteroatoms. The zero-order valence-electron chi connectivity index (χ0n) is 9.86. The van der Waals surface area contributed by atoms with E-state index >= 15 is 0 Å². The second-order valence-electron chi connectivity index (χ2n) is 4.80. The molecule has 0 heterocycles. The maximum absolute atomic E-state index is 12.1. The zero-order chi connectivity index (χ0) is 12.6. The van der Waals surface area contributed by atoms with Crippen LogP contribution in [-0.4, -0.2) is 24.5 Å². The molecule has 16 heavy (non-hydrogen) atoms. The molecule has 92 valence electrons. The molecule has 0 aromatic carbocycles. The van der Waals surface area contributed by atoms with Gasteiger partial charge in [0.2, 0.25) is 0 Å². The fourth-order valence-corrected chi connectivity index (χ4v) is 3.41. The van der Waals surface area contributed by atoms with Crippen LogP contribution in [0.1, 0.15) is 33.6 Å². The average Bonchev–Trinajstić information content (AvgIpc) is 2.11. The first-order valence-corrected chi connectivity index (χ1v) is 6.97. The van der Waals surface area contributed by atoms with Crippen molar-refractivity contribution in [1.29, 1.82) is 0 Å². The highest BCUT2D eigenvalue weighted by atomic mass is 32.2. The molecule has 1 saturated carbocycles. The highest BCUT2D eigenvalue weighted by Gasteiger charge is 2.43. The summed E-state index contributed by atoms with van der Waals surface area (Å²) in [6.07, 6.45) is 3.02. The van der Waals surface area contributed by atoms with Crippen LogP contribution in [0.15, 0.2) is 11.6 Å². The van der Waals surface area contributed by atoms with Crippen molar-refractivity contribution in [3.8, 4) is 0 Å². The van der Waals surface area contributed by atoms with Gasteiger partial charge in [-0.3, -0.25) is 9.35 Å². The molecule has 1 aliphatic carbocycles. The third-order valence-electron chi connectivity index (χ3n) is 3.28. The van der Waals surface area contributed by atoms with E-state index in [-0.39, 0.29) is 11.7 Å². The lowest BCUT2D eigenvalue weighted by Crippen LogP contribution is -2.41. The summed E-state index contributed by atoms with van der Waals surface area (Å²) < 4.78 is 30.7. The number of rotatable bonds is 2. The van der Waals surface area contributed by atoms with Crippen molar-refractivity contribution in [2.45, 2.75) is 33.6 Å². The van der Waals surface area contributed by atoms with Crippen LogP contribution in [0, 0.1) is 11.3 Å². The maximum atomic E-state index is 12.1. The quantitative estimate of drug-likeness (QED) is 0.596. The van der Waals surface area contributed by atoms with Gasteiger partial charge in [-0.25, -0.2) is 0 Å². The lowest BCUT2D eigenvalue weighted by atomic mass is 9.69. The molecule has 0 spiro atoms. The Hall–Kier alpha value is -0.680. The van der Waals surface area contributed by atoms with Crippen LogP contribution in [-0.2, 0) is 14.9 Å². The Labute approximate surface area is 96.5 Å². The van der Waals surface area contributed by atoms with Crippen LogP contribution in [0.3, 0.4) is 0 Å². The van der Waals surface area contributed by atoms with Gasteiger partial charge in [0, 0.05) is 5.41 Å². The van der Waals surface area contributed by atoms with Crippen LogP contribution in [0.25, 0.3) is 0 Å². The number of allylic oxidation sites excluding steroid dienone is 2. The van der Waals surface area contributed by atoms with Crippen LogP contribution < -0.4 is 0 Å². The van der Waals surface area contributed by atoms with E-state index in [1.165, 1.54) is 0 Å².